The molecule has 0 saturated carbocycles. The fourth-order valence-electron chi connectivity index (χ4n) is 3.10. The summed E-state index contributed by atoms with van der Waals surface area (Å²) in [5.74, 6) is 0.133. The van der Waals surface area contributed by atoms with Crippen molar-refractivity contribution >= 4 is 17.8 Å². The number of hydrogen-bond acceptors (Lipinski definition) is 6. The summed E-state index contributed by atoms with van der Waals surface area (Å²) in [4.78, 5) is 24.7. The standard InChI is InChI=1S/C16H24N4O4/c1-4-23-15(22)20-13(10-9-17-16(2,3)12(10)19-20)18-14(21)11-7-5-6-8-24-11/h11,17H,4-9H2,1-3H3,(H,18,21). The fourth-order valence-corrected chi connectivity index (χ4v) is 3.10. The van der Waals surface area contributed by atoms with E-state index in [0.29, 0.717) is 25.4 Å². The molecular formula is C16H24N4O4. The van der Waals surface area contributed by atoms with Gasteiger partial charge in [0.15, 0.2) is 0 Å². The largest absolute Gasteiger partial charge is 0.448 e. The van der Waals surface area contributed by atoms with Gasteiger partial charge in [-0.15, -0.1) is 4.68 Å². The van der Waals surface area contributed by atoms with Gasteiger partial charge in [0.25, 0.3) is 5.91 Å². The zero-order valence-electron chi connectivity index (χ0n) is 14.3. The molecule has 0 aliphatic carbocycles. The molecule has 2 N–H and O–H groups in total. The lowest BCUT2D eigenvalue weighted by Crippen LogP contribution is -2.35. The van der Waals surface area contributed by atoms with Crippen LogP contribution in [-0.4, -0.2) is 41.1 Å². The van der Waals surface area contributed by atoms with Crippen molar-refractivity contribution in [2.45, 2.75) is 58.2 Å². The zero-order chi connectivity index (χ0) is 17.3. The molecule has 0 radical (unpaired) electrons. The Balaban J connectivity index is 1.90. The van der Waals surface area contributed by atoms with Crippen LogP contribution in [0.5, 0.6) is 0 Å². The number of carbonyl (C=O) groups is 2. The van der Waals surface area contributed by atoms with Crippen LogP contribution in [0, 0.1) is 0 Å². The van der Waals surface area contributed by atoms with E-state index in [4.69, 9.17) is 9.47 Å². The summed E-state index contributed by atoms with van der Waals surface area (Å²) in [7, 11) is 0. The van der Waals surface area contributed by atoms with E-state index in [0.717, 1.165) is 28.8 Å². The topological polar surface area (TPSA) is 94.5 Å². The van der Waals surface area contributed by atoms with Gasteiger partial charge in [-0.3, -0.25) is 4.79 Å². The highest BCUT2D eigenvalue weighted by Crippen LogP contribution is 2.34. The first-order chi connectivity index (χ1) is 11.4. The predicted molar refractivity (Wildman–Crippen MR) is 86.7 cm³/mol. The van der Waals surface area contributed by atoms with Gasteiger partial charge in [-0.1, -0.05) is 0 Å². The molecule has 3 heterocycles. The Hall–Kier alpha value is -1.93. The molecule has 1 amide bonds. The van der Waals surface area contributed by atoms with Crippen LogP contribution < -0.4 is 10.6 Å². The number of nitrogens with zero attached hydrogens (tertiary/aromatic N) is 2. The predicted octanol–water partition coefficient (Wildman–Crippen LogP) is 1.73. The number of fused-ring (bicyclic) bond motifs is 1. The average molecular weight is 336 g/mol. The van der Waals surface area contributed by atoms with Crippen molar-refractivity contribution in [1.29, 1.82) is 0 Å². The van der Waals surface area contributed by atoms with E-state index in [2.05, 4.69) is 15.7 Å². The molecule has 1 unspecified atom stereocenters. The van der Waals surface area contributed by atoms with Crippen molar-refractivity contribution < 1.29 is 19.1 Å². The van der Waals surface area contributed by atoms with E-state index < -0.39 is 12.2 Å². The molecule has 1 aromatic rings. The number of rotatable bonds is 3. The second kappa shape index (κ2) is 6.52. The van der Waals surface area contributed by atoms with Gasteiger partial charge in [0.1, 0.15) is 11.9 Å². The van der Waals surface area contributed by atoms with Crippen LogP contribution >= 0.6 is 0 Å². The van der Waals surface area contributed by atoms with E-state index in [1.165, 1.54) is 0 Å². The number of ether oxygens (including phenoxy) is 2. The SMILES string of the molecule is CCOC(=O)n1nc2c(c1NC(=O)C1CCCCO1)CNC2(C)C. The second-order valence-corrected chi connectivity index (χ2v) is 6.61. The summed E-state index contributed by atoms with van der Waals surface area (Å²) < 4.78 is 11.7. The third kappa shape index (κ3) is 3.03. The summed E-state index contributed by atoms with van der Waals surface area (Å²) >= 11 is 0. The monoisotopic (exact) mass is 336 g/mol. The van der Waals surface area contributed by atoms with Gasteiger partial charge in [-0.2, -0.15) is 5.10 Å². The van der Waals surface area contributed by atoms with Crippen LogP contribution in [0.15, 0.2) is 0 Å². The first-order valence-electron chi connectivity index (χ1n) is 8.41. The molecule has 3 rings (SSSR count). The summed E-state index contributed by atoms with van der Waals surface area (Å²) in [6.45, 7) is 7.05. The molecule has 132 valence electrons. The van der Waals surface area contributed by atoms with Crippen LogP contribution in [0.25, 0.3) is 0 Å². The molecule has 24 heavy (non-hydrogen) atoms. The number of anilines is 1. The molecule has 1 aromatic heterocycles. The third-order valence-corrected chi connectivity index (χ3v) is 4.44. The Morgan fingerprint density at radius 1 is 1.46 bits per heavy atom. The van der Waals surface area contributed by atoms with Gasteiger partial charge in [0, 0.05) is 18.7 Å². The zero-order valence-corrected chi connectivity index (χ0v) is 14.3. The van der Waals surface area contributed by atoms with Gasteiger partial charge in [-0.25, -0.2) is 4.79 Å². The lowest BCUT2D eigenvalue weighted by molar-refractivity contribution is -0.130. The van der Waals surface area contributed by atoms with E-state index >= 15 is 0 Å². The highest BCUT2D eigenvalue weighted by molar-refractivity contribution is 5.96. The Kier molecular flexibility index (Phi) is 4.60. The maximum atomic E-state index is 12.5. The molecule has 1 fully saturated rings. The Labute approximate surface area is 140 Å². The number of hydrogen-bond donors (Lipinski definition) is 2. The normalized spacial score (nSPS) is 22.0. The summed E-state index contributed by atoms with van der Waals surface area (Å²) in [5, 5.41) is 10.5. The molecule has 1 saturated heterocycles. The minimum Gasteiger partial charge on any atom is -0.448 e. The summed E-state index contributed by atoms with van der Waals surface area (Å²) in [6, 6.07) is 0. The van der Waals surface area contributed by atoms with E-state index in [1.807, 2.05) is 13.8 Å². The lowest BCUT2D eigenvalue weighted by atomic mass is 10.0. The maximum absolute atomic E-state index is 12.5. The van der Waals surface area contributed by atoms with Crippen molar-refractivity contribution in [3.8, 4) is 0 Å². The number of nitrogens with one attached hydrogen (secondary N) is 2. The number of amides is 1. The quantitative estimate of drug-likeness (QED) is 0.873. The van der Waals surface area contributed by atoms with Crippen LogP contribution in [0.2, 0.25) is 0 Å². The van der Waals surface area contributed by atoms with Crippen LogP contribution in [0.3, 0.4) is 0 Å². The van der Waals surface area contributed by atoms with Gasteiger partial charge >= 0.3 is 6.09 Å². The Morgan fingerprint density at radius 2 is 2.25 bits per heavy atom. The van der Waals surface area contributed by atoms with Gasteiger partial charge in [-0.05, 0) is 40.0 Å². The molecule has 0 aromatic carbocycles. The van der Waals surface area contributed by atoms with Gasteiger partial charge in [0.05, 0.1) is 17.8 Å². The van der Waals surface area contributed by atoms with Crippen LogP contribution in [0.1, 0.15) is 51.3 Å². The summed E-state index contributed by atoms with van der Waals surface area (Å²) in [6.07, 6.45) is 1.54. The van der Waals surface area contributed by atoms with E-state index in [1.54, 1.807) is 6.92 Å². The first kappa shape index (κ1) is 16.9. The second-order valence-electron chi connectivity index (χ2n) is 6.61. The van der Waals surface area contributed by atoms with Crippen LogP contribution in [0.4, 0.5) is 10.6 Å². The highest BCUT2D eigenvalue weighted by atomic mass is 16.6. The molecule has 2 aliphatic rings. The molecule has 8 nitrogen and oxygen atoms in total. The maximum Gasteiger partial charge on any atom is 0.436 e. The van der Waals surface area contributed by atoms with Crippen molar-refractivity contribution in [2.24, 2.45) is 0 Å². The minimum atomic E-state index is -0.595. The average Bonchev–Trinajstić information content (AvgIpc) is 3.07. The van der Waals surface area contributed by atoms with Crippen molar-refractivity contribution in [3.05, 3.63) is 11.3 Å². The third-order valence-electron chi connectivity index (χ3n) is 4.44. The van der Waals surface area contributed by atoms with Crippen molar-refractivity contribution in [1.82, 2.24) is 15.1 Å². The van der Waals surface area contributed by atoms with Crippen molar-refractivity contribution in [2.75, 3.05) is 18.5 Å². The van der Waals surface area contributed by atoms with Gasteiger partial charge in [0.2, 0.25) is 0 Å². The Bertz CT molecular complexity index is 647. The van der Waals surface area contributed by atoms with Crippen LogP contribution in [-0.2, 0) is 26.4 Å². The van der Waals surface area contributed by atoms with Crippen molar-refractivity contribution in [3.63, 3.8) is 0 Å². The number of carbonyl (C=O) groups excluding carboxylic acids is 2. The van der Waals surface area contributed by atoms with E-state index in [-0.39, 0.29) is 18.1 Å². The molecule has 0 spiro atoms. The lowest BCUT2D eigenvalue weighted by Gasteiger charge is -2.22. The highest BCUT2D eigenvalue weighted by Gasteiger charge is 2.38. The van der Waals surface area contributed by atoms with Gasteiger partial charge < -0.3 is 20.1 Å². The Morgan fingerprint density at radius 3 is 2.92 bits per heavy atom. The molecule has 1 atom stereocenters. The van der Waals surface area contributed by atoms with E-state index in [9.17, 15) is 9.59 Å². The summed E-state index contributed by atoms with van der Waals surface area (Å²) in [5.41, 5.74) is 1.20. The first-order valence-corrected chi connectivity index (χ1v) is 8.41. The minimum absolute atomic E-state index is 0.240. The molecule has 8 heteroatoms. The molecular weight excluding hydrogens is 312 g/mol. The smallest absolute Gasteiger partial charge is 0.436 e. The molecule has 0 bridgehead atoms. The molecule has 2 aliphatic heterocycles. The fraction of sp³-hybridized carbons (Fsp3) is 0.688. The number of aromatic nitrogens is 2.